The van der Waals surface area contributed by atoms with Crippen LogP contribution in [0.5, 0.6) is 0 Å². The first-order valence-corrected chi connectivity index (χ1v) is 9.13. The fourth-order valence-electron chi connectivity index (χ4n) is 3.16. The first kappa shape index (κ1) is 19.0. The van der Waals surface area contributed by atoms with Gasteiger partial charge in [-0.1, -0.05) is 105 Å². The molecule has 0 aromatic rings. The Morgan fingerprint density at radius 2 is 1.21 bits per heavy atom. The lowest BCUT2D eigenvalue weighted by molar-refractivity contribution is 0.343. The molecular formula is C19H40. The largest absolute Gasteiger partial charge is 0.0654 e. The van der Waals surface area contributed by atoms with Gasteiger partial charge in [0.2, 0.25) is 0 Å². The summed E-state index contributed by atoms with van der Waals surface area (Å²) in [5, 5.41) is 0. The molecule has 0 spiro atoms. The molecule has 0 N–H and O–H groups in total. The number of hydrogen-bond acceptors (Lipinski definition) is 0. The Bertz CT molecular complexity index is 173. The fraction of sp³-hybridized carbons (Fsp3) is 1.00. The van der Waals surface area contributed by atoms with Gasteiger partial charge >= 0.3 is 0 Å². The molecule has 116 valence electrons. The summed E-state index contributed by atoms with van der Waals surface area (Å²) >= 11 is 0. The highest BCUT2D eigenvalue weighted by Crippen LogP contribution is 2.25. The zero-order valence-electron chi connectivity index (χ0n) is 14.5. The summed E-state index contributed by atoms with van der Waals surface area (Å²) in [7, 11) is 0. The SMILES string of the molecule is CCCCC(C)CCC(CC)CCCC(C)CCC. The summed E-state index contributed by atoms with van der Waals surface area (Å²) in [4.78, 5) is 0. The summed E-state index contributed by atoms with van der Waals surface area (Å²) < 4.78 is 0. The van der Waals surface area contributed by atoms with Gasteiger partial charge in [0.05, 0.1) is 0 Å². The van der Waals surface area contributed by atoms with E-state index in [0.717, 1.165) is 17.8 Å². The molecule has 0 aliphatic rings. The summed E-state index contributed by atoms with van der Waals surface area (Å²) in [6, 6.07) is 0. The van der Waals surface area contributed by atoms with Crippen LogP contribution >= 0.6 is 0 Å². The third-order valence-electron chi connectivity index (χ3n) is 4.79. The van der Waals surface area contributed by atoms with E-state index in [4.69, 9.17) is 0 Å². The van der Waals surface area contributed by atoms with Crippen LogP contribution in [0.15, 0.2) is 0 Å². The van der Waals surface area contributed by atoms with Gasteiger partial charge in [-0.2, -0.15) is 0 Å². The van der Waals surface area contributed by atoms with Crippen molar-refractivity contribution < 1.29 is 0 Å². The van der Waals surface area contributed by atoms with Crippen molar-refractivity contribution in [2.45, 2.75) is 105 Å². The van der Waals surface area contributed by atoms with Crippen LogP contribution in [-0.2, 0) is 0 Å². The molecule has 0 saturated heterocycles. The van der Waals surface area contributed by atoms with E-state index in [0.29, 0.717) is 0 Å². The van der Waals surface area contributed by atoms with Gasteiger partial charge in [-0.05, 0) is 17.8 Å². The molecule has 0 amide bonds. The van der Waals surface area contributed by atoms with E-state index >= 15 is 0 Å². The minimum atomic E-state index is 0.950. The Labute approximate surface area is 123 Å². The normalized spacial score (nSPS) is 16.3. The average molecular weight is 269 g/mol. The molecule has 3 unspecified atom stereocenters. The first-order chi connectivity index (χ1) is 9.13. The Kier molecular flexibility index (Phi) is 13.0. The van der Waals surface area contributed by atoms with E-state index in [1.54, 1.807) is 0 Å². The van der Waals surface area contributed by atoms with Crippen molar-refractivity contribution in [3.8, 4) is 0 Å². The van der Waals surface area contributed by atoms with Crippen molar-refractivity contribution >= 4 is 0 Å². The van der Waals surface area contributed by atoms with Crippen molar-refractivity contribution in [2.24, 2.45) is 17.8 Å². The topological polar surface area (TPSA) is 0 Å². The smallest absolute Gasteiger partial charge is 0.0417 e. The molecule has 0 fully saturated rings. The van der Waals surface area contributed by atoms with Crippen LogP contribution in [0, 0.1) is 17.8 Å². The Balaban J connectivity index is 3.64. The van der Waals surface area contributed by atoms with E-state index in [1.165, 1.54) is 70.6 Å². The van der Waals surface area contributed by atoms with E-state index < -0.39 is 0 Å². The van der Waals surface area contributed by atoms with Gasteiger partial charge in [-0.3, -0.25) is 0 Å². The minimum Gasteiger partial charge on any atom is -0.0654 e. The predicted octanol–water partition coefficient (Wildman–Crippen LogP) is 7.23. The van der Waals surface area contributed by atoms with E-state index in [-0.39, 0.29) is 0 Å². The zero-order chi connectivity index (χ0) is 14.5. The molecule has 0 aliphatic carbocycles. The molecule has 0 bridgehead atoms. The molecule has 0 aromatic carbocycles. The highest BCUT2D eigenvalue weighted by atomic mass is 14.2. The summed E-state index contributed by atoms with van der Waals surface area (Å²) in [6.45, 7) is 11.9. The third-order valence-corrected chi connectivity index (χ3v) is 4.79. The van der Waals surface area contributed by atoms with Crippen LogP contribution in [0.4, 0.5) is 0 Å². The van der Waals surface area contributed by atoms with Gasteiger partial charge in [0.1, 0.15) is 0 Å². The summed E-state index contributed by atoms with van der Waals surface area (Å²) in [5.41, 5.74) is 0. The minimum absolute atomic E-state index is 0.950. The predicted molar refractivity (Wildman–Crippen MR) is 89.6 cm³/mol. The van der Waals surface area contributed by atoms with Crippen LogP contribution in [0.2, 0.25) is 0 Å². The molecule has 0 aromatic heterocycles. The summed E-state index contributed by atoms with van der Waals surface area (Å²) in [5.74, 6) is 2.90. The number of unbranched alkanes of at least 4 members (excludes halogenated alkanes) is 1. The maximum atomic E-state index is 2.45. The second-order valence-electron chi connectivity index (χ2n) is 6.92. The number of hydrogen-bond donors (Lipinski definition) is 0. The van der Waals surface area contributed by atoms with E-state index in [1.807, 2.05) is 0 Å². The van der Waals surface area contributed by atoms with E-state index in [2.05, 4.69) is 34.6 Å². The van der Waals surface area contributed by atoms with Gasteiger partial charge in [0.25, 0.3) is 0 Å². The van der Waals surface area contributed by atoms with Crippen molar-refractivity contribution in [1.82, 2.24) is 0 Å². The molecule has 0 nitrogen and oxygen atoms in total. The van der Waals surface area contributed by atoms with Gasteiger partial charge < -0.3 is 0 Å². The Morgan fingerprint density at radius 3 is 1.79 bits per heavy atom. The molecule has 0 aliphatic heterocycles. The van der Waals surface area contributed by atoms with Gasteiger partial charge in [0, 0.05) is 0 Å². The molecule has 3 atom stereocenters. The molecule has 0 radical (unpaired) electrons. The van der Waals surface area contributed by atoms with Crippen LogP contribution in [0.25, 0.3) is 0 Å². The second kappa shape index (κ2) is 13.0. The molecule has 0 rings (SSSR count). The lowest BCUT2D eigenvalue weighted by atomic mass is 9.88. The second-order valence-corrected chi connectivity index (χ2v) is 6.92. The standard InChI is InChI=1S/C19H40/c1-6-9-12-18(5)15-16-19(8-3)14-10-13-17(4)11-7-2/h17-19H,6-16H2,1-5H3. The number of rotatable bonds is 13. The van der Waals surface area contributed by atoms with Crippen LogP contribution in [0.1, 0.15) is 105 Å². The molecule has 19 heavy (non-hydrogen) atoms. The van der Waals surface area contributed by atoms with Crippen LogP contribution in [0.3, 0.4) is 0 Å². The van der Waals surface area contributed by atoms with Gasteiger partial charge in [0.15, 0.2) is 0 Å². The third kappa shape index (κ3) is 11.5. The van der Waals surface area contributed by atoms with Gasteiger partial charge in [-0.25, -0.2) is 0 Å². The summed E-state index contributed by atoms with van der Waals surface area (Å²) in [6.07, 6.45) is 15.7. The molecular weight excluding hydrogens is 228 g/mol. The highest BCUT2D eigenvalue weighted by Gasteiger charge is 2.10. The fourth-order valence-corrected chi connectivity index (χ4v) is 3.16. The lowest BCUT2D eigenvalue weighted by Crippen LogP contribution is -2.04. The average Bonchev–Trinajstić information content (AvgIpc) is 2.40. The zero-order valence-corrected chi connectivity index (χ0v) is 14.5. The Morgan fingerprint density at radius 1 is 0.579 bits per heavy atom. The van der Waals surface area contributed by atoms with Crippen molar-refractivity contribution in [3.05, 3.63) is 0 Å². The van der Waals surface area contributed by atoms with Crippen LogP contribution < -0.4 is 0 Å². The molecule has 0 heterocycles. The highest BCUT2D eigenvalue weighted by molar-refractivity contribution is 4.63. The van der Waals surface area contributed by atoms with E-state index in [9.17, 15) is 0 Å². The molecule has 0 heteroatoms. The van der Waals surface area contributed by atoms with Crippen LogP contribution in [-0.4, -0.2) is 0 Å². The van der Waals surface area contributed by atoms with Crippen molar-refractivity contribution in [3.63, 3.8) is 0 Å². The maximum absolute atomic E-state index is 2.45. The van der Waals surface area contributed by atoms with Crippen molar-refractivity contribution in [2.75, 3.05) is 0 Å². The Hall–Kier alpha value is 0. The quantitative estimate of drug-likeness (QED) is 0.330. The van der Waals surface area contributed by atoms with Gasteiger partial charge in [-0.15, -0.1) is 0 Å². The lowest BCUT2D eigenvalue weighted by Gasteiger charge is -2.18. The maximum Gasteiger partial charge on any atom is -0.0417 e. The van der Waals surface area contributed by atoms with Crippen molar-refractivity contribution in [1.29, 1.82) is 0 Å². The first-order valence-electron chi connectivity index (χ1n) is 9.13. The monoisotopic (exact) mass is 268 g/mol. The molecule has 0 saturated carbocycles.